The number of thiophene rings is 1. The largest absolute Gasteiger partial charge is 0.364 e. The molecule has 0 saturated heterocycles. The molecule has 0 bridgehead atoms. The number of anilines is 1. The standard InChI is InChI=1S/C12H13N3O2S/c1-8(10-5-6-18-7-10)13-12-4-3-11(15(16)17)9(2)14-12/h3-8H,1-2H3,(H,13,14). The highest BCUT2D eigenvalue weighted by atomic mass is 32.1. The van der Waals surface area contributed by atoms with Gasteiger partial charge in [0.15, 0.2) is 0 Å². The molecule has 0 spiro atoms. The van der Waals surface area contributed by atoms with Gasteiger partial charge in [-0.25, -0.2) is 4.98 Å². The maximum absolute atomic E-state index is 10.7. The Labute approximate surface area is 109 Å². The molecule has 1 N–H and O–H groups in total. The molecule has 0 amide bonds. The van der Waals surface area contributed by atoms with E-state index < -0.39 is 4.92 Å². The van der Waals surface area contributed by atoms with Gasteiger partial charge in [-0.05, 0) is 42.3 Å². The van der Waals surface area contributed by atoms with Crippen LogP contribution in [0.3, 0.4) is 0 Å². The van der Waals surface area contributed by atoms with Crippen LogP contribution in [0, 0.1) is 17.0 Å². The summed E-state index contributed by atoms with van der Waals surface area (Å²) in [6, 6.07) is 5.28. The van der Waals surface area contributed by atoms with Gasteiger partial charge in [0.25, 0.3) is 5.69 Å². The van der Waals surface area contributed by atoms with Crippen LogP contribution >= 0.6 is 11.3 Å². The summed E-state index contributed by atoms with van der Waals surface area (Å²) in [7, 11) is 0. The lowest BCUT2D eigenvalue weighted by atomic mass is 10.2. The van der Waals surface area contributed by atoms with Gasteiger partial charge in [-0.15, -0.1) is 0 Å². The normalized spacial score (nSPS) is 12.1. The average Bonchev–Trinajstić information content (AvgIpc) is 2.81. The minimum atomic E-state index is -0.422. The van der Waals surface area contributed by atoms with Crippen molar-refractivity contribution < 1.29 is 4.92 Å². The molecule has 0 aliphatic rings. The summed E-state index contributed by atoms with van der Waals surface area (Å²) in [6.07, 6.45) is 0. The Balaban J connectivity index is 2.15. The predicted octanol–water partition coefficient (Wildman–Crippen LogP) is 3.53. The lowest BCUT2D eigenvalue weighted by Gasteiger charge is -2.13. The van der Waals surface area contributed by atoms with Crippen LogP contribution in [0.5, 0.6) is 0 Å². The summed E-state index contributed by atoms with van der Waals surface area (Å²) in [5.41, 5.74) is 1.64. The van der Waals surface area contributed by atoms with E-state index in [0.717, 1.165) is 0 Å². The lowest BCUT2D eigenvalue weighted by molar-refractivity contribution is -0.385. The van der Waals surface area contributed by atoms with Gasteiger partial charge in [-0.1, -0.05) is 0 Å². The highest BCUT2D eigenvalue weighted by Gasteiger charge is 2.13. The molecule has 1 unspecified atom stereocenters. The molecule has 2 aromatic rings. The number of pyridine rings is 1. The van der Waals surface area contributed by atoms with Crippen molar-refractivity contribution >= 4 is 22.8 Å². The Morgan fingerprint density at radius 1 is 1.44 bits per heavy atom. The molecule has 2 rings (SSSR count). The van der Waals surface area contributed by atoms with Gasteiger partial charge in [0.1, 0.15) is 11.5 Å². The van der Waals surface area contributed by atoms with Crippen LogP contribution in [0.2, 0.25) is 0 Å². The van der Waals surface area contributed by atoms with E-state index in [1.165, 1.54) is 11.6 Å². The Bertz CT molecular complexity index is 554. The quantitative estimate of drug-likeness (QED) is 0.676. The first kappa shape index (κ1) is 12.5. The lowest BCUT2D eigenvalue weighted by Crippen LogP contribution is -2.08. The maximum Gasteiger partial charge on any atom is 0.290 e. The fraction of sp³-hybridized carbons (Fsp3) is 0.250. The minimum Gasteiger partial charge on any atom is -0.364 e. The minimum absolute atomic E-state index is 0.0451. The van der Waals surface area contributed by atoms with Crippen molar-refractivity contribution in [3.05, 3.63) is 50.3 Å². The van der Waals surface area contributed by atoms with E-state index in [4.69, 9.17) is 0 Å². The molecular formula is C12H13N3O2S. The topological polar surface area (TPSA) is 68.1 Å². The molecule has 0 aromatic carbocycles. The van der Waals surface area contributed by atoms with Gasteiger partial charge < -0.3 is 5.32 Å². The monoisotopic (exact) mass is 263 g/mol. The number of rotatable bonds is 4. The third-order valence-corrected chi connectivity index (χ3v) is 3.36. The molecule has 0 saturated carbocycles. The zero-order valence-electron chi connectivity index (χ0n) is 10.1. The van der Waals surface area contributed by atoms with Crippen LogP contribution in [0.1, 0.15) is 24.2 Å². The van der Waals surface area contributed by atoms with Crippen LogP contribution in [0.4, 0.5) is 11.5 Å². The molecule has 0 aliphatic carbocycles. The van der Waals surface area contributed by atoms with Gasteiger partial charge in [-0.2, -0.15) is 11.3 Å². The number of hydrogen-bond acceptors (Lipinski definition) is 5. The van der Waals surface area contributed by atoms with Crippen molar-refractivity contribution in [2.45, 2.75) is 19.9 Å². The van der Waals surface area contributed by atoms with Gasteiger partial charge in [0, 0.05) is 6.07 Å². The number of nitro groups is 1. The van der Waals surface area contributed by atoms with Crippen LogP contribution < -0.4 is 5.32 Å². The molecule has 5 nitrogen and oxygen atoms in total. The van der Waals surface area contributed by atoms with E-state index in [0.29, 0.717) is 11.5 Å². The van der Waals surface area contributed by atoms with E-state index in [1.54, 1.807) is 24.3 Å². The van der Waals surface area contributed by atoms with Gasteiger partial charge in [-0.3, -0.25) is 10.1 Å². The molecule has 0 radical (unpaired) electrons. The molecule has 0 fully saturated rings. The van der Waals surface area contributed by atoms with Crippen molar-refractivity contribution in [2.75, 3.05) is 5.32 Å². The fourth-order valence-corrected chi connectivity index (χ4v) is 2.41. The van der Waals surface area contributed by atoms with Crippen LogP contribution in [-0.2, 0) is 0 Å². The molecule has 1 atom stereocenters. The Morgan fingerprint density at radius 3 is 2.78 bits per heavy atom. The van der Waals surface area contributed by atoms with Crippen molar-refractivity contribution in [2.24, 2.45) is 0 Å². The van der Waals surface area contributed by atoms with Gasteiger partial charge in [0.2, 0.25) is 0 Å². The summed E-state index contributed by atoms with van der Waals surface area (Å²) in [4.78, 5) is 14.5. The number of nitrogens with one attached hydrogen (secondary N) is 1. The van der Waals surface area contributed by atoms with E-state index in [9.17, 15) is 10.1 Å². The van der Waals surface area contributed by atoms with Gasteiger partial charge >= 0.3 is 0 Å². The van der Waals surface area contributed by atoms with Crippen molar-refractivity contribution in [3.8, 4) is 0 Å². The SMILES string of the molecule is Cc1nc(NC(C)c2ccsc2)ccc1[N+](=O)[O-]. The van der Waals surface area contributed by atoms with E-state index >= 15 is 0 Å². The molecular weight excluding hydrogens is 250 g/mol. The first-order chi connectivity index (χ1) is 8.58. The summed E-state index contributed by atoms with van der Waals surface area (Å²) in [5, 5.41) is 18.0. The third kappa shape index (κ3) is 2.65. The van der Waals surface area contributed by atoms with Crippen molar-refractivity contribution in [1.29, 1.82) is 0 Å². The fourth-order valence-electron chi connectivity index (χ4n) is 1.65. The molecule has 0 aliphatic heterocycles. The van der Waals surface area contributed by atoms with Crippen LogP contribution in [0.15, 0.2) is 29.0 Å². The van der Waals surface area contributed by atoms with Crippen LogP contribution in [-0.4, -0.2) is 9.91 Å². The summed E-state index contributed by atoms with van der Waals surface area (Å²) >= 11 is 1.64. The first-order valence-electron chi connectivity index (χ1n) is 5.48. The second-order valence-corrected chi connectivity index (χ2v) is 4.76. The summed E-state index contributed by atoms with van der Waals surface area (Å²) < 4.78 is 0. The van der Waals surface area contributed by atoms with E-state index in [1.807, 2.05) is 18.4 Å². The second-order valence-electron chi connectivity index (χ2n) is 3.98. The van der Waals surface area contributed by atoms with Crippen LogP contribution in [0.25, 0.3) is 0 Å². The zero-order valence-corrected chi connectivity index (χ0v) is 10.9. The second kappa shape index (κ2) is 5.14. The highest BCUT2D eigenvalue weighted by Crippen LogP contribution is 2.23. The zero-order chi connectivity index (χ0) is 13.1. The Morgan fingerprint density at radius 2 is 2.22 bits per heavy atom. The number of hydrogen-bond donors (Lipinski definition) is 1. The Hall–Kier alpha value is -1.95. The molecule has 2 aromatic heterocycles. The number of aromatic nitrogens is 1. The molecule has 18 heavy (non-hydrogen) atoms. The Kier molecular flexibility index (Phi) is 3.57. The van der Waals surface area contributed by atoms with E-state index in [2.05, 4.69) is 15.7 Å². The summed E-state index contributed by atoms with van der Waals surface area (Å²) in [5.74, 6) is 0.650. The maximum atomic E-state index is 10.7. The van der Waals surface area contributed by atoms with Crippen molar-refractivity contribution in [1.82, 2.24) is 4.98 Å². The average molecular weight is 263 g/mol. The molecule has 94 valence electrons. The number of aryl methyl sites for hydroxylation is 1. The van der Waals surface area contributed by atoms with E-state index in [-0.39, 0.29) is 11.7 Å². The highest BCUT2D eigenvalue weighted by molar-refractivity contribution is 7.07. The summed E-state index contributed by atoms with van der Waals surface area (Å²) in [6.45, 7) is 3.67. The third-order valence-electron chi connectivity index (χ3n) is 2.66. The molecule has 6 heteroatoms. The number of nitrogens with zero attached hydrogens (tertiary/aromatic N) is 2. The predicted molar refractivity (Wildman–Crippen MR) is 72.0 cm³/mol. The van der Waals surface area contributed by atoms with Gasteiger partial charge in [0.05, 0.1) is 11.0 Å². The van der Waals surface area contributed by atoms with Crippen molar-refractivity contribution in [3.63, 3.8) is 0 Å². The molecule has 2 heterocycles. The first-order valence-corrected chi connectivity index (χ1v) is 6.43. The smallest absolute Gasteiger partial charge is 0.290 e.